The van der Waals surface area contributed by atoms with Crippen molar-refractivity contribution in [3.63, 3.8) is 0 Å². The quantitative estimate of drug-likeness (QED) is 0.779. The van der Waals surface area contributed by atoms with Crippen LogP contribution in [-0.2, 0) is 6.54 Å². The fraction of sp³-hybridized carbons (Fsp3) is 0.250. The predicted molar refractivity (Wildman–Crippen MR) is 48.9 cm³/mol. The molecule has 1 aliphatic heterocycles. The first-order valence-corrected chi connectivity index (χ1v) is 4.55. The lowest BCUT2D eigenvalue weighted by atomic mass is 10.2. The maximum Gasteiger partial charge on any atom is 0.231 e. The van der Waals surface area contributed by atoms with Crippen molar-refractivity contribution >= 4 is 15.9 Å². The molecule has 13 heavy (non-hydrogen) atoms. The molecule has 4 nitrogen and oxygen atoms in total. The molecule has 0 fully saturated rings. The standard InChI is InChI=1S/C8H8BrNO3/c9-6-1-5(3-10-11)8-7(2-6)12-4-13-8/h1-2,10-11H,3-4H2. The third-order valence-corrected chi connectivity index (χ3v) is 2.24. The number of rotatable bonds is 2. The zero-order valence-electron chi connectivity index (χ0n) is 6.71. The van der Waals surface area contributed by atoms with Crippen LogP contribution in [-0.4, -0.2) is 12.0 Å². The summed E-state index contributed by atoms with van der Waals surface area (Å²) in [5.41, 5.74) is 2.95. The van der Waals surface area contributed by atoms with Gasteiger partial charge in [-0.15, -0.1) is 0 Å². The van der Waals surface area contributed by atoms with Gasteiger partial charge in [0.2, 0.25) is 6.79 Å². The minimum atomic E-state index is 0.240. The number of hydrogen-bond donors (Lipinski definition) is 2. The maximum absolute atomic E-state index is 8.58. The zero-order valence-corrected chi connectivity index (χ0v) is 8.30. The first-order chi connectivity index (χ1) is 6.31. The fourth-order valence-electron chi connectivity index (χ4n) is 1.26. The number of hydroxylamine groups is 1. The van der Waals surface area contributed by atoms with Gasteiger partial charge in [-0.25, -0.2) is 5.48 Å². The second-order valence-electron chi connectivity index (χ2n) is 2.63. The second kappa shape index (κ2) is 3.53. The van der Waals surface area contributed by atoms with Gasteiger partial charge in [0.25, 0.3) is 0 Å². The Labute approximate surface area is 83.5 Å². The molecular weight excluding hydrogens is 238 g/mol. The first kappa shape index (κ1) is 8.80. The summed E-state index contributed by atoms with van der Waals surface area (Å²) in [5.74, 6) is 1.41. The highest BCUT2D eigenvalue weighted by Gasteiger charge is 2.18. The van der Waals surface area contributed by atoms with E-state index in [0.717, 1.165) is 10.0 Å². The van der Waals surface area contributed by atoms with E-state index in [2.05, 4.69) is 21.4 Å². The summed E-state index contributed by atoms with van der Waals surface area (Å²) in [7, 11) is 0. The van der Waals surface area contributed by atoms with Gasteiger partial charge in [-0.3, -0.25) is 0 Å². The molecule has 0 atom stereocenters. The molecule has 0 aromatic heterocycles. The predicted octanol–water partition coefficient (Wildman–Crippen LogP) is 1.66. The first-order valence-electron chi connectivity index (χ1n) is 3.76. The smallest absolute Gasteiger partial charge is 0.231 e. The van der Waals surface area contributed by atoms with E-state index in [1.807, 2.05) is 12.1 Å². The molecule has 1 aliphatic rings. The van der Waals surface area contributed by atoms with E-state index in [0.29, 0.717) is 18.0 Å². The SMILES string of the molecule is ONCc1cc(Br)cc2c1OCO2. The number of halogens is 1. The van der Waals surface area contributed by atoms with E-state index in [9.17, 15) is 0 Å². The molecule has 5 heteroatoms. The van der Waals surface area contributed by atoms with Gasteiger partial charge in [0.15, 0.2) is 11.5 Å². The van der Waals surface area contributed by atoms with Crippen molar-refractivity contribution < 1.29 is 14.7 Å². The van der Waals surface area contributed by atoms with Crippen LogP contribution in [0.5, 0.6) is 11.5 Å². The summed E-state index contributed by atoms with van der Waals surface area (Å²) in [6.07, 6.45) is 0. The Hall–Kier alpha value is -0.780. The van der Waals surface area contributed by atoms with E-state index in [-0.39, 0.29) is 6.79 Å². The van der Waals surface area contributed by atoms with Gasteiger partial charge < -0.3 is 14.7 Å². The van der Waals surface area contributed by atoms with E-state index in [1.54, 1.807) is 0 Å². The maximum atomic E-state index is 8.58. The van der Waals surface area contributed by atoms with Crippen molar-refractivity contribution in [1.82, 2.24) is 5.48 Å². The molecule has 0 unspecified atom stereocenters. The summed E-state index contributed by atoms with van der Waals surface area (Å²) in [5, 5.41) is 8.58. The van der Waals surface area contributed by atoms with Crippen LogP contribution in [0.4, 0.5) is 0 Å². The molecule has 2 N–H and O–H groups in total. The summed E-state index contributed by atoms with van der Waals surface area (Å²) < 4.78 is 11.4. The van der Waals surface area contributed by atoms with Gasteiger partial charge in [-0.05, 0) is 12.1 Å². The number of ether oxygens (including phenoxy) is 2. The Balaban J connectivity index is 2.43. The fourth-order valence-corrected chi connectivity index (χ4v) is 1.75. The Morgan fingerprint density at radius 1 is 1.46 bits per heavy atom. The Morgan fingerprint density at radius 2 is 2.31 bits per heavy atom. The minimum Gasteiger partial charge on any atom is -0.454 e. The average Bonchev–Trinajstić information content (AvgIpc) is 2.52. The van der Waals surface area contributed by atoms with Crippen LogP contribution in [0.1, 0.15) is 5.56 Å². The van der Waals surface area contributed by atoms with E-state index in [1.165, 1.54) is 0 Å². The number of benzene rings is 1. The van der Waals surface area contributed by atoms with Gasteiger partial charge >= 0.3 is 0 Å². The molecule has 70 valence electrons. The van der Waals surface area contributed by atoms with Gasteiger partial charge in [0.05, 0.1) is 0 Å². The third kappa shape index (κ3) is 1.63. The van der Waals surface area contributed by atoms with Crippen molar-refractivity contribution in [1.29, 1.82) is 0 Å². The number of nitrogens with one attached hydrogen (secondary N) is 1. The molecule has 0 amide bonds. The average molecular weight is 246 g/mol. The van der Waals surface area contributed by atoms with Gasteiger partial charge in [0.1, 0.15) is 0 Å². The topological polar surface area (TPSA) is 50.7 Å². The van der Waals surface area contributed by atoms with E-state index in [4.69, 9.17) is 14.7 Å². The zero-order chi connectivity index (χ0) is 9.26. The summed E-state index contributed by atoms with van der Waals surface area (Å²) >= 11 is 3.34. The Morgan fingerprint density at radius 3 is 3.08 bits per heavy atom. The van der Waals surface area contributed by atoms with Crippen molar-refractivity contribution in [3.05, 3.63) is 22.2 Å². The molecule has 0 bridgehead atoms. The lowest BCUT2D eigenvalue weighted by molar-refractivity contribution is 0.155. The molecule has 0 saturated heterocycles. The molecule has 2 rings (SSSR count). The minimum absolute atomic E-state index is 0.240. The van der Waals surface area contributed by atoms with Crippen LogP contribution in [0, 0.1) is 0 Å². The van der Waals surface area contributed by atoms with Crippen LogP contribution >= 0.6 is 15.9 Å². The molecule has 0 aliphatic carbocycles. The van der Waals surface area contributed by atoms with E-state index >= 15 is 0 Å². The highest BCUT2D eigenvalue weighted by molar-refractivity contribution is 9.10. The summed E-state index contributed by atoms with van der Waals surface area (Å²) in [6.45, 7) is 0.579. The lowest BCUT2D eigenvalue weighted by Gasteiger charge is -2.04. The molecule has 1 heterocycles. The van der Waals surface area contributed by atoms with Crippen LogP contribution < -0.4 is 15.0 Å². The molecule has 0 saturated carbocycles. The molecule has 0 spiro atoms. The molecule has 1 aromatic carbocycles. The summed E-state index contributed by atoms with van der Waals surface area (Å²) in [6, 6.07) is 3.71. The second-order valence-corrected chi connectivity index (χ2v) is 3.55. The lowest BCUT2D eigenvalue weighted by Crippen LogP contribution is -2.07. The van der Waals surface area contributed by atoms with Crippen molar-refractivity contribution in [2.75, 3.05) is 6.79 Å². The van der Waals surface area contributed by atoms with Crippen LogP contribution in [0.3, 0.4) is 0 Å². The number of fused-ring (bicyclic) bond motifs is 1. The molecule has 1 aromatic rings. The largest absolute Gasteiger partial charge is 0.454 e. The van der Waals surface area contributed by atoms with Crippen molar-refractivity contribution in [2.45, 2.75) is 6.54 Å². The van der Waals surface area contributed by atoms with Crippen molar-refractivity contribution in [2.24, 2.45) is 0 Å². The van der Waals surface area contributed by atoms with Gasteiger partial charge in [-0.2, -0.15) is 0 Å². The summed E-state index contributed by atoms with van der Waals surface area (Å²) in [4.78, 5) is 0. The molecule has 0 radical (unpaired) electrons. The van der Waals surface area contributed by atoms with Crippen molar-refractivity contribution in [3.8, 4) is 11.5 Å². The highest BCUT2D eigenvalue weighted by atomic mass is 79.9. The van der Waals surface area contributed by atoms with Crippen LogP contribution in [0.15, 0.2) is 16.6 Å². The monoisotopic (exact) mass is 245 g/mol. The van der Waals surface area contributed by atoms with Gasteiger partial charge in [-0.1, -0.05) is 15.9 Å². The van der Waals surface area contributed by atoms with E-state index < -0.39 is 0 Å². The molecular formula is C8H8BrNO3. The Kier molecular flexibility index (Phi) is 2.39. The highest BCUT2D eigenvalue weighted by Crippen LogP contribution is 2.38. The van der Waals surface area contributed by atoms with Crippen LogP contribution in [0.25, 0.3) is 0 Å². The Bertz CT molecular complexity index is 329. The van der Waals surface area contributed by atoms with Gasteiger partial charge in [0, 0.05) is 16.6 Å². The number of hydrogen-bond acceptors (Lipinski definition) is 4. The third-order valence-electron chi connectivity index (χ3n) is 1.78. The normalized spacial score (nSPS) is 13.4. The van der Waals surface area contributed by atoms with Crippen LogP contribution in [0.2, 0.25) is 0 Å².